The van der Waals surface area contributed by atoms with Crippen molar-refractivity contribution in [1.29, 1.82) is 0 Å². The highest BCUT2D eigenvalue weighted by Gasteiger charge is 2.01. The third-order valence-electron chi connectivity index (χ3n) is 2.25. The molecule has 0 atom stereocenters. The highest BCUT2D eigenvalue weighted by Crippen LogP contribution is 2.22. The molecule has 0 unspecified atom stereocenters. The molecule has 2 aromatic heterocycles. The van der Waals surface area contributed by atoms with Gasteiger partial charge in [0.25, 0.3) is 0 Å². The second-order valence-electron chi connectivity index (χ2n) is 3.56. The number of rotatable bonds is 5. The summed E-state index contributed by atoms with van der Waals surface area (Å²) in [6.45, 7) is 1.76. The lowest BCUT2D eigenvalue weighted by molar-refractivity contribution is 0.660. The van der Waals surface area contributed by atoms with Crippen LogP contribution in [-0.2, 0) is 6.54 Å². The molecular weight excluding hydrogens is 304 g/mol. The van der Waals surface area contributed by atoms with Gasteiger partial charge >= 0.3 is 0 Å². The summed E-state index contributed by atoms with van der Waals surface area (Å²) in [5, 5.41) is 3.83. The fourth-order valence-corrected chi connectivity index (χ4v) is 2.13. The highest BCUT2D eigenvalue weighted by atomic mass is 79.9. The van der Waals surface area contributed by atoms with E-state index in [1.54, 1.807) is 12.4 Å². The monoisotopic (exact) mass is 314 g/mol. The van der Waals surface area contributed by atoms with E-state index in [-0.39, 0.29) is 0 Å². The number of hydrogen-bond acceptors (Lipinski definition) is 3. The van der Waals surface area contributed by atoms with Crippen molar-refractivity contribution in [3.8, 4) is 0 Å². The lowest BCUT2D eigenvalue weighted by Crippen LogP contribution is -2.07. The van der Waals surface area contributed by atoms with Crippen LogP contribution in [0.15, 0.2) is 35.5 Å². The van der Waals surface area contributed by atoms with E-state index in [1.165, 1.54) is 0 Å². The summed E-state index contributed by atoms with van der Waals surface area (Å²) in [5.74, 6) is 0.723. The van der Waals surface area contributed by atoms with Crippen LogP contribution in [0.5, 0.6) is 0 Å². The number of imidazole rings is 1. The lowest BCUT2D eigenvalue weighted by Gasteiger charge is -2.07. The van der Waals surface area contributed by atoms with E-state index in [2.05, 4.69) is 31.2 Å². The van der Waals surface area contributed by atoms with Gasteiger partial charge in [-0.25, -0.2) is 9.97 Å². The zero-order chi connectivity index (χ0) is 12.1. The Morgan fingerprint density at radius 2 is 2.35 bits per heavy atom. The fraction of sp³-hybridized carbons (Fsp3) is 0.273. The predicted octanol–water partition coefficient (Wildman–Crippen LogP) is 3.20. The van der Waals surface area contributed by atoms with Crippen molar-refractivity contribution in [2.45, 2.75) is 13.0 Å². The Kier molecular flexibility index (Phi) is 4.39. The number of nitrogens with zero attached hydrogens (tertiary/aromatic N) is 3. The van der Waals surface area contributed by atoms with Crippen LogP contribution in [0.4, 0.5) is 5.82 Å². The molecule has 4 nitrogen and oxygen atoms in total. The molecule has 2 heterocycles. The van der Waals surface area contributed by atoms with Crippen LogP contribution in [0, 0.1) is 0 Å². The van der Waals surface area contributed by atoms with E-state index in [4.69, 9.17) is 11.6 Å². The molecule has 2 rings (SSSR count). The molecule has 0 aliphatic carbocycles. The molecule has 1 N–H and O–H groups in total. The van der Waals surface area contributed by atoms with Crippen LogP contribution in [-0.4, -0.2) is 21.1 Å². The molecule has 0 amide bonds. The average Bonchev–Trinajstić information content (AvgIpc) is 2.79. The van der Waals surface area contributed by atoms with Crippen molar-refractivity contribution in [1.82, 2.24) is 14.5 Å². The minimum absolute atomic E-state index is 0.627. The topological polar surface area (TPSA) is 42.7 Å². The minimum atomic E-state index is 0.627. The third kappa shape index (κ3) is 3.71. The zero-order valence-electron chi connectivity index (χ0n) is 9.11. The molecule has 90 valence electrons. The number of pyridine rings is 1. The van der Waals surface area contributed by atoms with Crippen LogP contribution in [0.3, 0.4) is 0 Å². The molecule has 0 aliphatic heterocycles. The van der Waals surface area contributed by atoms with E-state index in [0.29, 0.717) is 5.02 Å². The first kappa shape index (κ1) is 12.4. The fourth-order valence-electron chi connectivity index (χ4n) is 1.43. The molecule has 6 heteroatoms. The van der Waals surface area contributed by atoms with E-state index >= 15 is 0 Å². The number of hydrogen-bond donors (Lipinski definition) is 1. The first-order valence-corrected chi connectivity index (χ1v) is 6.43. The molecule has 0 aromatic carbocycles. The molecular formula is C11H12BrClN4. The normalized spacial score (nSPS) is 10.5. The Bertz CT molecular complexity index is 472. The summed E-state index contributed by atoms with van der Waals surface area (Å²) in [7, 11) is 0. The van der Waals surface area contributed by atoms with Gasteiger partial charge in [0.1, 0.15) is 5.82 Å². The smallest absolute Gasteiger partial charge is 0.144 e. The molecule has 2 aromatic rings. The van der Waals surface area contributed by atoms with Crippen LogP contribution in [0.25, 0.3) is 0 Å². The Labute approximate surface area is 113 Å². The van der Waals surface area contributed by atoms with Crippen LogP contribution < -0.4 is 5.32 Å². The van der Waals surface area contributed by atoms with Crippen LogP contribution >= 0.6 is 27.5 Å². The Morgan fingerprint density at radius 1 is 1.47 bits per heavy atom. The van der Waals surface area contributed by atoms with Crippen LogP contribution in [0.2, 0.25) is 5.02 Å². The number of aryl methyl sites for hydroxylation is 1. The maximum absolute atomic E-state index is 6.04. The van der Waals surface area contributed by atoms with Gasteiger partial charge in [0.15, 0.2) is 0 Å². The number of nitrogens with one attached hydrogen (secondary N) is 1. The number of anilines is 1. The standard InChI is InChI=1S/C11H12BrClN4/c12-9-6-10(13)11(16-7-9)15-2-1-4-17-5-3-14-8-17/h3,5-8H,1-2,4H2,(H,15,16). The number of halogens is 2. The molecule has 0 fully saturated rings. The van der Waals surface area contributed by atoms with Crippen molar-refractivity contribution in [3.63, 3.8) is 0 Å². The molecule has 17 heavy (non-hydrogen) atoms. The molecule has 0 saturated heterocycles. The molecule has 0 spiro atoms. The first-order valence-electron chi connectivity index (χ1n) is 5.26. The zero-order valence-corrected chi connectivity index (χ0v) is 11.4. The van der Waals surface area contributed by atoms with Gasteiger partial charge in [0.2, 0.25) is 0 Å². The summed E-state index contributed by atoms with van der Waals surface area (Å²) in [6, 6.07) is 1.83. The van der Waals surface area contributed by atoms with Crippen molar-refractivity contribution in [2.75, 3.05) is 11.9 Å². The lowest BCUT2D eigenvalue weighted by atomic mass is 10.4. The van der Waals surface area contributed by atoms with Gasteiger partial charge in [-0.2, -0.15) is 0 Å². The second kappa shape index (κ2) is 6.02. The molecule has 0 aliphatic rings. The van der Waals surface area contributed by atoms with Crippen molar-refractivity contribution < 1.29 is 0 Å². The summed E-state index contributed by atoms with van der Waals surface area (Å²) in [5.41, 5.74) is 0. The summed E-state index contributed by atoms with van der Waals surface area (Å²) < 4.78 is 2.92. The Balaban J connectivity index is 1.78. The van der Waals surface area contributed by atoms with Crippen molar-refractivity contribution >= 4 is 33.3 Å². The first-order chi connectivity index (χ1) is 8.25. The van der Waals surface area contributed by atoms with Gasteiger partial charge in [-0.1, -0.05) is 11.6 Å². The highest BCUT2D eigenvalue weighted by molar-refractivity contribution is 9.10. The molecule has 0 radical (unpaired) electrons. The number of aromatic nitrogens is 3. The quantitative estimate of drug-likeness (QED) is 0.862. The maximum Gasteiger partial charge on any atom is 0.144 e. The summed E-state index contributed by atoms with van der Waals surface area (Å²) in [4.78, 5) is 8.19. The van der Waals surface area contributed by atoms with Gasteiger partial charge in [0, 0.05) is 36.2 Å². The van der Waals surface area contributed by atoms with Gasteiger partial charge in [-0.05, 0) is 28.4 Å². The van der Waals surface area contributed by atoms with E-state index < -0.39 is 0 Å². The Morgan fingerprint density at radius 3 is 3.06 bits per heavy atom. The Hall–Kier alpha value is -1.07. The summed E-state index contributed by atoms with van der Waals surface area (Å²) in [6.07, 6.45) is 8.25. The van der Waals surface area contributed by atoms with Crippen LogP contribution in [0.1, 0.15) is 6.42 Å². The largest absolute Gasteiger partial charge is 0.369 e. The molecule has 0 saturated carbocycles. The van der Waals surface area contributed by atoms with Gasteiger partial charge in [-0.3, -0.25) is 0 Å². The third-order valence-corrected chi connectivity index (χ3v) is 2.97. The molecule has 0 bridgehead atoms. The SMILES string of the molecule is Clc1cc(Br)cnc1NCCCn1ccnc1. The van der Waals surface area contributed by atoms with E-state index in [1.807, 2.05) is 23.2 Å². The maximum atomic E-state index is 6.04. The van der Waals surface area contributed by atoms with Gasteiger partial charge in [0.05, 0.1) is 11.3 Å². The second-order valence-corrected chi connectivity index (χ2v) is 4.89. The average molecular weight is 316 g/mol. The summed E-state index contributed by atoms with van der Waals surface area (Å²) >= 11 is 9.36. The van der Waals surface area contributed by atoms with Gasteiger partial charge in [-0.15, -0.1) is 0 Å². The van der Waals surface area contributed by atoms with E-state index in [9.17, 15) is 0 Å². The van der Waals surface area contributed by atoms with Crippen molar-refractivity contribution in [3.05, 3.63) is 40.5 Å². The minimum Gasteiger partial charge on any atom is -0.369 e. The predicted molar refractivity (Wildman–Crippen MR) is 72.3 cm³/mol. The van der Waals surface area contributed by atoms with Gasteiger partial charge < -0.3 is 9.88 Å². The van der Waals surface area contributed by atoms with Crippen molar-refractivity contribution in [2.24, 2.45) is 0 Å². The van der Waals surface area contributed by atoms with E-state index in [0.717, 1.165) is 29.8 Å².